The lowest BCUT2D eigenvalue weighted by atomic mass is 10.0. The van der Waals surface area contributed by atoms with E-state index in [1.165, 1.54) is 16.7 Å². The molecule has 0 unspecified atom stereocenters. The lowest BCUT2D eigenvalue weighted by Crippen LogP contribution is -2.61. The third-order valence-electron chi connectivity index (χ3n) is 16.6. The number of hydrogen-bond acceptors (Lipinski definition) is 24. The highest BCUT2D eigenvalue weighted by Crippen LogP contribution is 2.29. The van der Waals surface area contributed by atoms with Crippen LogP contribution in [0, 0.1) is 11.8 Å². The third kappa shape index (κ3) is 25.1. The van der Waals surface area contributed by atoms with Crippen LogP contribution >= 0.6 is 43.2 Å². The minimum Gasteiger partial charge on any atom is -0.481 e. The van der Waals surface area contributed by atoms with Gasteiger partial charge in [-0.15, -0.1) is 0 Å². The van der Waals surface area contributed by atoms with Crippen molar-refractivity contribution in [1.82, 2.24) is 73.2 Å². The van der Waals surface area contributed by atoms with Crippen molar-refractivity contribution in [1.29, 1.82) is 0 Å². The van der Waals surface area contributed by atoms with E-state index >= 15 is 0 Å². The number of hydrogen-bond donors (Lipinski definition) is 17. The van der Waals surface area contributed by atoms with Gasteiger partial charge < -0.3 is 106 Å². The van der Waals surface area contributed by atoms with E-state index in [9.17, 15) is 102 Å². The normalized spacial score (nSPS) is 29.3. The first-order valence-corrected chi connectivity index (χ1v) is 37.7. The van der Waals surface area contributed by atoms with Gasteiger partial charge in [0.2, 0.25) is 94.5 Å². The summed E-state index contributed by atoms with van der Waals surface area (Å²) in [4.78, 5) is 253. The van der Waals surface area contributed by atoms with Crippen LogP contribution in [0.5, 0.6) is 0 Å². The Hall–Kier alpha value is -8.22. The van der Waals surface area contributed by atoms with Crippen LogP contribution in [0.25, 0.3) is 0 Å². The van der Waals surface area contributed by atoms with E-state index in [0.717, 1.165) is 26.5 Å². The van der Waals surface area contributed by atoms with Gasteiger partial charge in [0.05, 0.1) is 32.4 Å². The van der Waals surface area contributed by atoms with Crippen molar-refractivity contribution in [3.63, 3.8) is 0 Å². The molecule has 0 spiro atoms. The third-order valence-corrected chi connectivity index (χ3v) is 21.5. The number of nitrogens with one attached hydrogen (secondary N) is 11. The number of aliphatic hydroxyl groups excluding tert-OH is 1. The molecular weight excluding hydrogens is 1410 g/mol. The fourth-order valence-electron chi connectivity index (χ4n) is 11.6. The molecule has 42 heteroatoms. The zero-order valence-corrected chi connectivity index (χ0v) is 59.5. The highest BCUT2D eigenvalue weighted by atomic mass is 33.1. The lowest BCUT2D eigenvalue weighted by molar-refractivity contribution is -0.148. The summed E-state index contributed by atoms with van der Waals surface area (Å²) in [6.07, 6.45) is -2.44. The second-order valence-corrected chi connectivity index (χ2v) is 30.6. The van der Waals surface area contributed by atoms with Crippen LogP contribution in [0.3, 0.4) is 0 Å². The van der Waals surface area contributed by atoms with Gasteiger partial charge in [0, 0.05) is 42.6 Å². The molecule has 0 aromatic rings. The van der Waals surface area contributed by atoms with Gasteiger partial charge in [0.1, 0.15) is 84.6 Å². The number of aliphatic carboxylic acids is 2. The van der Waals surface area contributed by atoms with Crippen LogP contribution in [0.4, 0.5) is 0 Å². The molecular formula is C59H91N17O21S4. The number of aliphatic hydroxyl groups is 1. The van der Waals surface area contributed by atoms with E-state index < -0.39 is 241 Å². The van der Waals surface area contributed by atoms with Gasteiger partial charge >= 0.3 is 11.9 Å². The van der Waals surface area contributed by atoms with Gasteiger partial charge in [-0.05, 0) is 70.1 Å². The van der Waals surface area contributed by atoms with E-state index in [1.54, 1.807) is 27.7 Å². The first-order valence-electron chi connectivity index (χ1n) is 32.7. The van der Waals surface area contributed by atoms with Crippen LogP contribution < -0.4 is 75.7 Å². The van der Waals surface area contributed by atoms with Crippen LogP contribution in [-0.2, 0) is 86.3 Å². The van der Waals surface area contributed by atoms with Crippen LogP contribution in [-0.4, -0.2) is 277 Å². The quantitative estimate of drug-likeness (QED) is 0.0719. The van der Waals surface area contributed by atoms with E-state index in [4.69, 9.17) is 17.2 Å². The molecule has 101 heavy (non-hydrogen) atoms. The predicted molar refractivity (Wildman–Crippen MR) is 364 cm³/mol. The number of carboxylic acids is 2. The van der Waals surface area contributed by atoms with Crippen molar-refractivity contribution in [2.45, 2.75) is 190 Å². The Morgan fingerprint density at radius 1 is 0.465 bits per heavy atom. The molecule has 5 aliphatic rings. The molecule has 5 fully saturated rings. The average molecular weight is 1500 g/mol. The van der Waals surface area contributed by atoms with E-state index in [-0.39, 0.29) is 75.6 Å². The van der Waals surface area contributed by atoms with Gasteiger partial charge in [0.15, 0.2) is 0 Å². The molecule has 0 radical (unpaired) electrons. The molecule has 0 saturated carbocycles. The number of nitrogens with zero attached hydrogens (tertiary/aromatic N) is 3. The van der Waals surface area contributed by atoms with E-state index in [1.807, 2.05) is 0 Å². The summed E-state index contributed by atoms with van der Waals surface area (Å²) < 4.78 is 0. The van der Waals surface area contributed by atoms with Crippen molar-refractivity contribution in [3.8, 4) is 0 Å². The van der Waals surface area contributed by atoms with Crippen molar-refractivity contribution in [2.24, 2.45) is 29.0 Å². The van der Waals surface area contributed by atoms with Gasteiger partial charge in [-0.3, -0.25) is 81.5 Å². The van der Waals surface area contributed by atoms with Crippen molar-refractivity contribution in [2.75, 3.05) is 55.8 Å². The maximum absolute atomic E-state index is 14.7. The maximum Gasteiger partial charge on any atom is 0.327 e. The first-order chi connectivity index (χ1) is 47.6. The number of carbonyl (C=O) groups is 18. The molecule has 16 amide bonds. The molecule has 5 heterocycles. The molecule has 5 saturated heterocycles. The number of primary amides is 2. The van der Waals surface area contributed by atoms with Crippen LogP contribution in [0.2, 0.25) is 0 Å². The number of carboxylic acid groups (broad SMARTS) is 2. The van der Waals surface area contributed by atoms with Gasteiger partial charge in [-0.2, -0.15) is 0 Å². The van der Waals surface area contributed by atoms with Crippen molar-refractivity contribution < 1.29 is 102 Å². The predicted octanol–water partition coefficient (Wildman–Crippen LogP) is -7.54. The minimum absolute atomic E-state index is 0.0209. The van der Waals surface area contributed by atoms with Gasteiger partial charge in [0.25, 0.3) is 0 Å². The molecule has 562 valence electrons. The monoisotopic (exact) mass is 1500 g/mol. The summed E-state index contributed by atoms with van der Waals surface area (Å²) in [6.45, 7) is 6.12. The first kappa shape index (κ1) is 83.4. The molecule has 2 bridgehead atoms. The molecule has 5 rings (SSSR count). The average Bonchev–Trinajstić information content (AvgIpc) is 1.69. The standard InChI is InChI=1S/C59H91N17O21S4/c1-26(2)15-29-47(84)66-30(17-42(61)78)48(85)69-33(18-43(62)79)57(94)74-12-6-9-39(74)54(91)67-31(19-45(81)82)49(86)73-38(59(96)97)25-101-100-24-37-53(90)70-34(21-77)50(87)68-32(16-27(3)4)56(93)76-14-8-11-41(76)58(95)75-13-7-10-40(75)55(92)72-36(51(88)63-28(5)46(83)65-29)23-99-98-22-35(52(89)71-37)64-44(80)20-60/h26-41,77H,6-25,60H2,1-5H3,(H2,61,78)(H2,62,79)(H,63,88)(H,64,80)(H,65,83)(H,66,84)(H,67,91)(H,68,87)(H,69,85)(H,70,90)(H,71,89)(H,72,92)(H,73,86)(H,81,82)(H,96,97)/t28-,29-,30-,31-,32-,33-,34-,35-,36-,37-,38-,39-,40-,41-/m0/s1. The summed E-state index contributed by atoms with van der Waals surface area (Å²) in [7, 11) is 3.09. The Morgan fingerprint density at radius 2 is 0.871 bits per heavy atom. The summed E-state index contributed by atoms with van der Waals surface area (Å²) in [5, 5.41) is 57.4. The number of amides is 16. The minimum atomic E-state index is -2.04. The summed E-state index contributed by atoms with van der Waals surface area (Å²) >= 11 is 0. The van der Waals surface area contributed by atoms with Gasteiger partial charge in [-0.25, -0.2) is 4.79 Å². The largest absolute Gasteiger partial charge is 0.481 e. The smallest absolute Gasteiger partial charge is 0.327 e. The second-order valence-electron chi connectivity index (χ2n) is 25.5. The Balaban J connectivity index is 1.64. The SMILES string of the molecule is CC(C)C[C@@H]1NC(=O)[C@H](C)NC(=O)[C@@H]2CSSC[C@H](NC(=O)CN)C(=O)N[C@@H](CSSC[C@@H](C(=O)O)NC(=O)[C@H](CC(=O)O)NC(=O)[C@@H]3CCCN3C(=O)[C@H](CC(N)=O)NC(=O)[C@H](CC(N)=O)NC1=O)C(=O)N[C@@H](CO)C(=O)N[C@@H](CC(C)C)C(=O)N1CCC[C@H]1C(=O)N1CCC[C@H]1C(=O)N2. The fourth-order valence-corrected chi connectivity index (χ4v) is 16.2. The Labute approximate surface area is 596 Å². The molecule has 38 nitrogen and oxygen atoms in total. The summed E-state index contributed by atoms with van der Waals surface area (Å²) in [5.41, 5.74) is 16.7. The second kappa shape index (κ2) is 39.8. The number of rotatable bonds is 14. The van der Waals surface area contributed by atoms with E-state index in [0.29, 0.717) is 34.4 Å². The topological polar surface area (TPSA) is 588 Å². The number of nitrogens with two attached hydrogens (primary N) is 3. The van der Waals surface area contributed by atoms with Crippen molar-refractivity contribution in [3.05, 3.63) is 0 Å². The van der Waals surface area contributed by atoms with Gasteiger partial charge in [-0.1, -0.05) is 70.9 Å². The number of fused-ring (bicyclic) bond motifs is 11. The highest BCUT2D eigenvalue weighted by Gasteiger charge is 2.46. The maximum atomic E-state index is 14.7. The zero-order chi connectivity index (χ0) is 75.1. The zero-order valence-electron chi connectivity index (χ0n) is 56.3. The summed E-state index contributed by atoms with van der Waals surface area (Å²) in [5.74, 6) is -22.7. The van der Waals surface area contributed by atoms with Crippen LogP contribution in [0.15, 0.2) is 0 Å². The fraction of sp³-hybridized carbons (Fsp3) is 0.695. The van der Waals surface area contributed by atoms with E-state index in [2.05, 4.69) is 58.5 Å². The Bertz CT molecular complexity index is 3140. The van der Waals surface area contributed by atoms with Crippen LogP contribution in [0.1, 0.15) is 105 Å². The lowest BCUT2D eigenvalue weighted by Gasteiger charge is -2.34. The molecule has 5 aliphatic heterocycles. The summed E-state index contributed by atoms with van der Waals surface area (Å²) in [6, 6.07) is -22.9. The van der Waals surface area contributed by atoms with Crippen molar-refractivity contribution >= 4 is 150 Å². The Kier molecular flexibility index (Phi) is 32.9. The molecule has 20 N–H and O–H groups in total. The molecule has 0 aliphatic carbocycles. The molecule has 0 aromatic carbocycles. The molecule has 0 aromatic heterocycles. The molecule has 14 atom stereocenters. The Morgan fingerprint density at radius 3 is 1.42 bits per heavy atom. The highest BCUT2D eigenvalue weighted by molar-refractivity contribution is 8.77. The number of carbonyl (C=O) groups excluding carboxylic acids is 16.